The molecule has 0 bridgehead atoms. The van der Waals surface area contributed by atoms with E-state index in [4.69, 9.17) is 28.4 Å². The van der Waals surface area contributed by atoms with Gasteiger partial charge >= 0.3 is 0 Å². The fourth-order valence-electron chi connectivity index (χ4n) is 12.3. The van der Waals surface area contributed by atoms with Gasteiger partial charge in [0.15, 0.2) is 25.2 Å². The minimum absolute atomic E-state index is 0.0234. The maximum absolute atomic E-state index is 13.8. The van der Waals surface area contributed by atoms with Gasteiger partial charge in [-0.15, -0.1) is 0 Å². The van der Waals surface area contributed by atoms with Crippen LogP contribution in [0, 0.1) is 46.3 Å². The Hall–Kier alpha value is -1.56. The molecule has 3 heterocycles. The van der Waals surface area contributed by atoms with Gasteiger partial charge < -0.3 is 79.5 Å². The van der Waals surface area contributed by atoms with Crippen LogP contribution in [0.25, 0.3) is 0 Å². The van der Waals surface area contributed by atoms with E-state index in [1.807, 2.05) is 13.8 Å². The Morgan fingerprint density at radius 1 is 0.774 bits per heavy atom. The molecule has 7 rings (SSSR count). The van der Waals surface area contributed by atoms with Gasteiger partial charge in [0.1, 0.15) is 72.6 Å². The summed E-state index contributed by atoms with van der Waals surface area (Å²) in [5.41, 5.74) is 0.717. The standard InChI is InChI=1S/C44H70O18/c1-18(16-45)6-9-26(47)19(2)29-27(48)15-25-23-8-7-21-14-22(10-12-43(21,4)24(23)11-13-44(25,29)5)58-42-38(61-40-34(53)31(50)30(49)20(3)57-40)36(55)37(28(17-46)59-42)60-41-35(54)32(51)33(52)39(56)62-41/h7,18-20,22-25,28-42,45-46,49-56H,6,8-17H2,1-5H3/t18-,19-,20?,22?,23-,24+,25+,28?,29?,30+,31?,32?,33-,34?,35?,36?,37-,38?,39?,40+,41-,42-,43+,44+/m1/s1. The third-order valence-corrected chi connectivity index (χ3v) is 16.2. The van der Waals surface area contributed by atoms with E-state index >= 15 is 0 Å². The average Bonchev–Trinajstić information content (AvgIpc) is 3.52. The Balaban J connectivity index is 1.08. The molecule has 0 aromatic carbocycles. The number of aliphatic hydroxyl groups excluding tert-OH is 10. The quantitative estimate of drug-likeness (QED) is 0.101. The molecule has 18 nitrogen and oxygen atoms in total. The zero-order chi connectivity index (χ0) is 45.2. The van der Waals surface area contributed by atoms with Crippen LogP contribution in [0.2, 0.25) is 0 Å². The van der Waals surface area contributed by atoms with Crippen molar-refractivity contribution in [3.05, 3.63) is 11.6 Å². The SMILES string of the molecule is CC1O[C@@H](OC2C(O)[C@H](O[C@@H]3OC(O)[C@H](O)C(O)C3O)C(CO)O[C@H]2OC2CC[C@@]3(C)C(=CC[C@@H]4[C@@H]3CC[C@]3(C)C([C@H](C)C(=O)CC[C@@H](C)CO)C(=O)C[C@@H]43)C2)C(O)C(O)[C@H]1O. The van der Waals surface area contributed by atoms with Gasteiger partial charge in [0.2, 0.25) is 0 Å². The number of hydrogen-bond donors (Lipinski definition) is 10. The predicted molar refractivity (Wildman–Crippen MR) is 213 cm³/mol. The maximum atomic E-state index is 13.8. The van der Waals surface area contributed by atoms with Crippen molar-refractivity contribution in [2.45, 2.75) is 191 Å². The molecule has 62 heavy (non-hydrogen) atoms. The van der Waals surface area contributed by atoms with Crippen LogP contribution in [-0.2, 0) is 38.0 Å². The Kier molecular flexibility index (Phi) is 14.8. The first-order valence-corrected chi connectivity index (χ1v) is 22.6. The highest BCUT2D eigenvalue weighted by atomic mass is 16.8. The van der Waals surface area contributed by atoms with E-state index in [0.717, 1.165) is 25.7 Å². The number of rotatable bonds is 13. The second kappa shape index (κ2) is 19.0. The van der Waals surface area contributed by atoms with Gasteiger partial charge in [0.05, 0.1) is 18.8 Å². The number of aliphatic hydroxyl groups is 10. The van der Waals surface area contributed by atoms with Crippen LogP contribution < -0.4 is 0 Å². The van der Waals surface area contributed by atoms with E-state index in [-0.39, 0.29) is 58.6 Å². The van der Waals surface area contributed by atoms with Crippen LogP contribution in [0.4, 0.5) is 0 Å². The lowest BCUT2D eigenvalue weighted by atomic mass is 9.47. The fourth-order valence-corrected chi connectivity index (χ4v) is 12.3. The molecular weight excluding hydrogens is 816 g/mol. The first-order chi connectivity index (χ1) is 29.2. The van der Waals surface area contributed by atoms with Crippen LogP contribution in [0.1, 0.15) is 92.4 Å². The van der Waals surface area contributed by atoms with Gasteiger partial charge in [0, 0.05) is 31.3 Å². The Labute approximate surface area is 362 Å². The first kappa shape index (κ1) is 48.4. The summed E-state index contributed by atoms with van der Waals surface area (Å²) in [5, 5.41) is 105. The lowest BCUT2D eigenvalue weighted by Crippen LogP contribution is -2.66. The second-order valence-corrected chi connectivity index (χ2v) is 20.0. The van der Waals surface area contributed by atoms with Crippen LogP contribution in [-0.4, -0.2) is 174 Å². The van der Waals surface area contributed by atoms with Crippen LogP contribution in [0.3, 0.4) is 0 Å². The van der Waals surface area contributed by atoms with Crippen molar-refractivity contribution in [3.63, 3.8) is 0 Å². The van der Waals surface area contributed by atoms with Crippen LogP contribution >= 0.6 is 0 Å². The van der Waals surface area contributed by atoms with Gasteiger partial charge in [-0.25, -0.2) is 0 Å². The fraction of sp³-hybridized carbons (Fsp3) is 0.909. The van der Waals surface area contributed by atoms with E-state index < -0.39 is 105 Å². The topological polar surface area (TPSA) is 292 Å². The summed E-state index contributed by atoms with van der Waals surface area (Å²) in [7, 11) is 0. The average molecular weight is 887 g/mol. The van der Waals surface area contributed by atoms with E-state index in [1.54, 1.807) is 0 Å². The number of Topliss-reactive ketones (excluding diaryl/α,β-unsaturated/α-hetero) is 2. The highest BCUT2D eigenvalue weighted by molar-refractivity contribution is 5.92. The molecule has 0 amide bonds. The molecule has 10 N–H and O–H groups in total. The molecule has 0 aromatic heterocycles. The van der Waals surface area contributed by atoms with Crippen LogP contribution in [0.5, 0.6) is 0 Å². The highest BCUT2D eigenvalue weighted by Gasteiger charge is 2.63. The molecule has 0 spiro atoms. The lowest BCUT2D eigenvalue weighted by Gasteiger charge is -2.58. The number of hydrogen-bond acceptors (Lipinski definition) is 18. The number of ketones is 2. The van der Waals surface area contributed by atoms with Crippen molar-refractivity contribution < 1.29 is 89.1 Å². The lowest BCUT2D eigenvalue weighted by molar-refractivity contribution is -0.397. The molecule has 7 aliphatic rings. The van der Waals surface area contributed by atoms with Gasteiger partial charge in [-0.1, -0.05) is 39.3 Å². The third-order valence-electron chi connectivity index (χ3n) is 16.2. The van der Waals surface area contributed by atoms with E-state index in [9.17, 15) is 60.7 Å². The molecule has 3 saturated heterocycles. The van der Waals surface area contributed by atoms with E-state index in [0.29, 0.717) is 38.0 Å². The van der Waals surface area contributed by atoms with Crippen LogP contribution in [0.15, 0.2) is 11.6 Å². The number of ether oxygens (including phenoxy) is 6. The molecule has 0 aromatic rings. The zero-order valence-corrected chi connectivity index (χ0v) is 36.3. The Bertz CT molecular complexity index is 1610. The molecule has 354 valence electrons. The van der Waals surface area contributed by atoms with Gasteiger partial charge in [-0.3, -0.25) is 9.59 Å². The molecule has 6 fully saturated rings. The summed E-state index contributed by atoms with van der Waals surface area (Å²) in [6.45, 7) is 9.06. The molecule has 11 unspecified atom stereocenters. The minimum Gasteiger partial charge on any atom is -0.396 e. The van der Waals surface area contributed by atoms with Crippen molar-refractivity contribution in [2.75, 3.05) is 13.2 Å². The molecule has 0 radical (unpaired) electrons. The normalized spacial score (nSPS) is 50.5. The molecular formula is C44H70O18. The molecule has 4 aliphatic carbocycles. The molecule has 18 heteroatoms. The second-order valence-electron chi connectivity index (χ2n) is 20.0. The van der Waals surface area contributed by atoms with Crippen molar-refractivity contribution in [1.82, 2.24) is 0 Å². The summed E-state index contributed by atoms with van der Waals surface area (Å²) < 4.78 is 35.6. The van der Waals surface area contributed by atoms with Gasteiger partial charge in [-0.05, 0) is 86.4 Å². The molecule has 3 aliphatic heterocycles. The number of carbonyl (C=O) groups is 2. The largest absolute Gasteiger partial charge is 0.396 e. The van der Waals surface area contributed by atoms with Crippen molar-refractivity contribution in [2.24, 2.45) is 46.3 Å². The summed E-state index contributed by atoms with van der Waals surface area (Å²) in [4.78, 5) is 27.2. The maximum Gasteiger partial charge on any atom is 0.189 e. The summed E-state index contributed by atoms with van der Waals surface area (Å²) in [6, 6.07) is 0. The summed E-state index contributed by atoms with van der Waals surface area (Å²) >= 11 is 0. The monoisotopic (exact) mass is 886 g/mol. The zero-order valence-electron chi connectivity index (χ0n) is 36.3. The Morgan fingerprint density at radius 2 is 1.44 bits per heavy atom. The molecule has 24 atom stereocenters. The van der Waals surface area contributed by atoms with Crippen molar-refractivity contribution in [1.29, 1.82) is 0 Å². The smallest absolute Gasteiger partial charge is 0.189 e. The first-order valence-electron chi connectivity index (χ1n) is 22.6. The Morgan fingerprint density at radius 3 is 2.11 bits per heavy atom. The number of allylic oxidation sites excluding steroid dienone is 1. The van der Waals surface area contributed by atoms with Crippen molar-refractivity contribution in [3.8, 4) is 0 Å². The van der Waals surface area contributed by atoms with E-state index in [2.05, 4.69) is 19.9 Å². The predicted octanol–water partition coefficient (Wildman–Crippen LogP) is -0.823. The van der Waals surface area contributed by atoms with Crippen molar-refractivity contribution >= 4 is 11.6 Å². The minimum atomic E-state index is -1.97. The summed E-state index contributed by atoms with van der Waals surface area (Å²) in [5.74, 6) is 0.285. The van der Waals surface area contributed by atoms with Gasteiger partial charge in [0.25, 0.3) is 0 Å². The third kappa shape index (κ3) is 8.75. The molecule has 3 saturated carbocycles. The summed E-state index contributed by atoms with van der Waals surface area (Å²) in [6.07, 6.45) is -17.1. The number of fused-ring (bicyclic) bond motifs is 5. The van der Waals surface area contributed by atoms with Gasteiger partial charge in [-0.2, -0.15) is 0 Å². The highest BCUT2D eigenvalue weighted by Crippen LogP contribution is 2.66. The number of carbonyl (C=O) groups excluding carboxylic acids is 2. The van der Waals surface area contributed by atoms with E-state index in [1.165, 1.54) is 12.5 Å².